The molecule has 1 aromatic heterocycles. The Morgan fingerprint density at radius 1 is 1.29 bits per heavy atom. The van der Waals surface area contributed by atoms with Crippen LogP contribution in [0.25, 0.3) is 5.69 Å². The lowest BCUT2D eigenvalue weighted by Crippen LogP contribution is -2.34. The predicted octanol–water partition coefficient (Wildman–Crippen LogP) is 2.33. The smallest absolute Gasteiger partial charge is 0.274 e. The number of nitrogen functional groups attached to an aromatic ring is 1. The first-order valence-corrected chi connectivity index (χ1v) is 7.28. The van der Waals surface area contributed by atoms with Crippen molar-refractivity contribution in [2.24, 2.45) is 5.92 Å². The number of carbonyl (C=O) groups is 1. The van der Waals surface area contributed by atoms with Gasteiger partial charge in [-0.05, 0) is 37.5 Å². The number of benzene rings is 1. The van der Waals surface area contributed by atoms with Gasteiger partial charge in [-0.2, -0.15) is 5.10 Å². The highest BCUT2D eigenvalue weighted by atomic mass is 16.2. The second kappa shape index (κ2) is 5.24. The van der Waals surface area contributed by atoms with Crippen molar-refractivity contribution in [2.75, 3.05) is 12.3 Å². The van der Waals surface area contributed by atoms with E-state index in [1.807, 2.05) is 29.2 Å². The van der Waals surface area contributed by atoms with Crippen molar-refractivity contribution in [3.8, 4) is 5.69 Å². The molecular formula is C16H20N4O. The van der Waals surface area contributed by atoms with Crippen LogP contribution in [0.5, 0.6) is 0 Å². The third kappa shape index (κ3) is 2.51. The molecule has 1 fully saturated rings. The Kier molecular flexibility index (Phi) is 3.41. The minimum atomic E-state index is 0.0000950. The maximum atomic E-state index is 12.6. The number of likely N-dealkylation sites (tertiary alicyclic amines) is 1. The standard InChI is InChI=1S/C16H20N4O/c1-11-9-12(2)19(10-11)16(21)14-7-8-20(18-14)15-6-4-3-5-13(15)17/h3-8,11-12H,9-10,17H2,1-2H3. The molecule has 0 saturated carbocycles. The minimum Gasteiger partial charge on any atom is -0.397 e. The fourth-order valence-electron chi connectivity index (χ4n) is 3.00. The molecule has 1 aliphatic rings. The first-order valence-electron chi connectivity index (χ1n) is 7.28. The molecule has 0 bridgehead atoms. The average Bonchev–Trinajstić information content (AvgIpc) is 3.05. The number of rotatable bonds is 2. The topological polar surface area (TPSA) is 64.2 Å². The molecular weight excluding hydrogens is 264 g/mol. The van der Waals surface area contributed by atoms with Crippen LogP contribution in [0.3, 0.4) is 0 Å². The third-order valence-corrected chi connectivity index (χ3v) is 4.04. The molecule has 2 N–H and O–H groups in total. The van der Waals surface area contributed by atoms with Gasteiger partial charge in [0.1, 0.15) is 0 Å². The Morgan fingerprint density at radius 2 is 2.05 bits per heavy atom. The summed E-state index contributed by atoms with van der Waals surface area (Å²) in [4.78, 5) is 14.5. The van der Waals surface area contributed by atoms with Crippen LogP contribution in [0.2, 0.25) is 0 Å². The van der Waals surface area contributed by atoms with E-state index in [9.17, 15) is 4.79 Å². The number of amides is 1. The fourth-order valence-corrected chi connectivity index (χ4v) is 3.00. The SMILES string of the molecule is CC1CC(C)N(C(=O)c2ccn(-c3ccccc3N)n2)C1. The van der Waals surface area contributed by atoms with Crippen molar-refractivity contribution >= 4 is 11.6 Å². The summed E-state index contributed by atoms with van der Waals surface area (Å²) in [6, 6.07) is 9.52. The lowest BCUT2D eigenvalue weighted by atomic mass is 10.1. The molecule has 3 rings (SSSR count). The van der Waals surface area contributed by atoms with Crippen molar-refractivity contribution < 1.29 is 4.79 Å². The first kappa shape index (κ1) is 13.7. The Bertz CT molecular complexity index is 664. The molecule has 1 amide bonds. The number of hydrogen-bond acceptors (Lipinski definition) is 3. The summed E-state index contributed by atoms with van der Waals surface area (Å²) in [5.74, 6) is 0.552. The van der Waals surface area contributed by atoms with E-state index in [0.29, 0.717) is 17.3 Å². The quantitative estimate of drug-likeness (QED) is 0.861. The van der Waals surface area contributed by atoms with E-state index in [-0.39, 0.29) is 11.9 Å². The third-order valence-electron chi connectivity index (χ3n) is 4.04. The highest BCUT2D eigenvalue weighted by Crippen LogP contribution is 2.24. The van der Waals surface area contributed by atoms with E-state index in [2.05, 4.69) is 18.9 Å². The van der Waals surface area contributed by atoms with Gasteiger partial charge >= 0.3 is 0 Å². The molecule has 0 radical (unpaired) electrons. The summed E-state index contributed by atoms with van der Waals surface area (Å²) in [7, 11) is 0. The maximum Gasteiger partial charge on any atom is 0.274 e. The van der Waals surface area contributed by atoms with Gasteiger partial charge in [-0.15, -0.1) is 0 Å². The summed E-state index contributed by atoms with van der Waals surface area (Å²) in [6.45, 7) is 5.07. The summed E-state index contributed by atoms with van der Waals surface area (Å²) in [5, 5.41) is 4.39. The van der Waals surface area contributed by atoms with Gasteiger partial charge in [0, 0.05) is 18.8 Å². The van der Waals surface area contributed by atoms with Crippen molar-refractivity contribution in [2.45, 2.75) is 26.3 Å². The number of aromatic nitrogens is 2. The number of anilines is 1. The molecule has 0 aliphatic carbocycles. The number of carbonyl (C=O) groups excluding carboxylic acids is 1. The van der Waals surface area contributed by atoms with E-state index in [1.165, 1.54) is 0 Å². The molecule has 2 heterocycles. The zero-order valence-corrected chi connectivity index (χ0v) is 12.4. The van der Waals surface area contributed by atoms with Crippen LogP contribution in [0, 0.1) is 5.92 Å². The van der Waals surface area contributed by atoms with E-state index in [0.717, 1.165) is 18.7 Å². The molecule has 5 heteroatoms. The van der Waals surface area contributed by atoms with Gasteiger partial charge in [-0.3, -0.25) is 4.79 Å². The van der Waals surface area contributed by atoms with Crippen LogP contribution in [-0.4, -0.2) is 33.2 Å². The van der Waals surface area contributed by atoms with Crippen LogP contribution in [0.4, 0.5) is 5.69 Å². The van der Waals surface area contributed by atoms with Gasteiger partial charge in [-0.1, -0.05) is 19.1 Å². The molecule has 1 saturated heterocycles. The van der Waals surface area contributed by atoms with Gasteiger partial charge in [0.15, 0.2) is 5.69 Å². The molecule has 21 heavy (non-hydrogen) atoms. The van der Waals surface area contributed by atoms with Crippen LogP contribution < -0.4 is 5.73 Å². The minimum absolute atomic E-state index is 0.0000950. The van der Waals surface area contributed by atoms with Crippen molar-refractivity contribution in [3.05, 3.63) is 42.2 Å². The fraction of sp³-hybridized carbons (Fsp3) is 0.375. The summed E-state index contributed by atoms with van der Waals surface area (Å²) >= 11 is 0. The number of para-hydroxylation sites is 2. The van der Waals surface area contributed by atoms with Crippen LogP contribution >= 0.6 is 0 Å². The molecule has 2 aromatic rings. The number of nitrogens with two attached hydrogens (primary N) is 1. The van der Waals surface area contributed by atoms with E-state index >= 15 is 0 Å². The largest absolute Gasteiger partial charge is 0.397 e. The molecule has 5 nitrogen and oxygen atoms in total. The maximum absolute atomic E-state index is 12.6. The number of hydrogen-bond donors (Lipinski definition) is 1. The molecule has 0 spiro atoms. The number of nitrogens with zero attached hydrogens (tertiary/aromatic N) is 3. The first-order chi connectivity index (χ1) is 10.1. The van der Waals surface area contributed by atoms with E-state index in [4.69, 9.17) is 5.73 Å². The zero-order valence-electron chi connectivity index (χ0n) is 12.4. The average molecular weight is 284 g/mol. The summed E-state index contributed by atoms with van der Waals surface area (Å²) in [5.41, 5.74) is 7.85. The van der Waals surface area contributed by atoms with Gasteiger partial charge < -0.3 is 10.6 Å². The zero-order chi connectivity index (χ0) is 15.0. The molecule has 1 aliphatic heterocycles. The molecule has 110 valence electrons. The van der Waals surface area contributed by atoms with Crippen LogP contribution in [0.1, 0.15) is 30.8 Å². The van der Waals surface area contributed by atoms with E-state index < -0.39 is 0 Å². The van der Waals surface area contributed by atoms with Crippen molar-refractivity contribution in [1.29, 1.82) is 0 Å². The second-order valence-electron chi connectivity index (χ2n) is 5.85. The highest BCUT2D eigenvalue weighted by Gasteiger charge is 2.31. The van der Waals surface area contributed by atoms with Crippen LogP contribution in [-0.2, 0) is 0 Å². The van der Waals surface area contributed by atoms with Gasteiger partial charge in [-0.25, -0.2) is 4.68 Å². The molecule has 1 aromatic carbocycles. The molecule has 2 unspecified atom stereocenters. The van der Waals surface area contributed by atoms with Crippen molar-refractivity contribution in [3.63, 3.8) is 0 Å². The van der Waals surface area contributed by atoms with E-state index in [1.54, 1.807) is 16.9 Å². The Morgan fingerprint density at radius 3 is 2.71 bits per heavy atom. The Hall–Kier alpha value is -2.30. The monoisotopic (exact) mass is 284 g/mol. The second-order valence-corrected chi connectivity index (χ2v) is 5.85. The van der Waals surface area contributed by atoms with Gasteiger partial charge in [0.25, 0.3) is 5.91 Å². The molecule has 2 atom stereocenters. The Balaban J connectivity index is 1.85. The summed E-state index contributed by atoms with van der Waals surface area (Å²) in [6.07, 6.45) is 2.83. The normalized spacial score (nSPS) is 21.7. The van der Waals surface area contributed by atoms with Crippen molar-refractivity contribution in [1.82, 2.24) is 14.7 Å². The lowest BCUT2D eigenvalue weighted by molar-refractivity contribution is 0.0737. The van der Waals surface area contributed by atoms with Gasteiger partial charge in [0.05, 0.1) is 11.4 Å². The highest BCUT2D eigenvalue weighted by molar-refractivity contribution is 5.92. The lowest BCUT2D eigenvalue weighted by Gasteiger charge is -2.20. The van der Waals surface area contributed by atoms with Gasteiger partial charge in [0.2, 0.25) is 0 Å². The summed E-state index contributed by atoms with van der Waals surface area (Å²) < 4.78 is 1.66. The van der Waals surface area contributed by atoms with Crippen LogP contribution in [0.15, 0.2) is 36.5 Å². The predicted molar refractivity (Wildman–Crippen MR) is 82.3 cm³/mol. The Labute approximate surface area is 124 Å².